The van der Waals surface area contributed by atoms with Gasteiger partial charge in [0.15, 0.2) is 0 Å². The third kappa shape index (κ3) is 3.19. The second-order valence-electron chi connectivity index (χ2n) is 3.13. The summed E-state index contributed by atoms with van der Waals surface area (Å²) in [6.45, 7) is 2.31. The highest BCUT2D eigenvalue weighted by Gasteiger charge is 2.29. The number of aliphatic carboxylic acids is 1. The Hall–Kier alpha value is -0.610. The first-order chi connectivity index (χ1) is 5.56. The zero-order valence-corrected chi connectivity index (χ0v) is 7.76. The fourth-order valence-corrected chi connectivity index (χ4v) is 0.962. The summed E-state index contributed by atoms with van der Waals surface area (Å²) in [7, 11) is 1.66. The van der Waals surface area contributed by atoms with E-state index in [-0.39, 0.29) is 0 Å². The van der Waals surface area contributed by atoms with Crippen molar-refractivity contribution in [2.45, 2.75) is 31.7 Å². The Morgan fingerprint density at radius 1 is 1.58 bits per heavy atom. The number of rotatable bonds is 6. The number of likely N-dealkylation sites (N-methyl/N-ethyl adjacent to an activating group) is 1. The van der Waals surface area contributed by atoms with Crippen LogP contribution in [0.2, 0.25) is 0 Å². The van der Waals surface area contributed by atoms with Crippen LogP contribution in [0.25, 0.3) is 0 Å². The van der Waals surface area contributed by atoms with Gasteiger partial charge in [0.2, 0.25) is 0 Å². The predicted molar refractivity (Wildman–Crippen MR) is 48.0 cm³/mol. The van der Waals surface area contributed by atoms with Crippen LogP contribution in [0.15, 0.2) is 0 Å². The lowest BCUT2D eigenvalue weighted by molar-refractivity contribution is -0.144. The maximum Gasteiger partial charge on any atom is 0.323 e. The molecule has 0 saturated heterocycles. The molecule has 0 radical (unpaired) electrons. The van der Waals surface area contributed by atoms with Gasteiger partial charge in [-0.1, -0.05) is 0 Å². The minimum Gasteiger partial charge on any atom is -0.480 e. The van der Waals surface area contributed by atoms with E-state index < -0.39 is 11.5 Å². The van der Waals surface area contributed by atoms with Crippen molar-refractivity contribution in [3.05, 3.63) is 0 Å². The number of nitrogens with two attached hydrogens (primary N) is 1. The second kappa shape index (κ2) is 5.11. The van der Waals surface area contributed by atoms with Gasteiger partial charge in [-0.2, -0.15) is 0 Å². The Balaban J connectivity index is 3.88. The van der Waals surface area contributed by atoms with Crippen LogP contribution < -0.4 is 11.1 Å². The topological polar surface area (TPSA) is 75.3 Å². The predicted octanol–water partition coefficient (Wildman–Crippen LogP) is 0.178. The molecule has 4 heteroatoms. The van der Waals surface area contributed by atoms with Crippen molar-refractivity contribution in [1.29, 1.82) is 0 Å². The van der Waals surface area contributed by atoms with Crippen LogP contribution >= 0.6 is 0 Å². The Kier molecular flexibility index (Phi) is 4.85. The number of carboxylic acids is 1. The van der Waals surface area contributed by atoms with E-state index in [1.165, 1.54) is 0 Å². The van der Waals surface area contributed by atoms with Crippen molar-refractivity contribution >= 4 is 5.97 Å². The molecular weight excluding hydrogens is 156 g/mol. The number of hydrogen-bond donors (Lipinski definition) is 3. The fourth-order valence-electron chi connectivity index (χ4n) is 0.962. The van der Waals surface area contributed by atoms with Gasteiger partial charge < -0.3 is 16.2 Å². The molecule has 4 N–H and O–H groups in total. The third-order valence-corrected chi connectivity index (χ3v) is 2.15. The van der Waals surface area contributed by atoms with Crippen molar-refractivity contribution in [1.82, 2.24) is 5.32 Å². The molecule has 0 amide bonds. The molecule has 0 aromatic carbocycles. The van der Waals surface area contributed by atoms with Crippen LogP contribution in [0.5, 0.6) is 0 Å². The summed E-state index contributed by atoms with van der Waals surface area (Å²) in [6, 6.07) is 0. The summed E-state index contributed by atoms with van der Waals surface area (Å²) in [5.74, 6) is -0.804. The van der Waals surface area contributed by atoms with Crippen molar-refractivity contribution < 1.29 is 9.90 Å². The van der Waals surface area contributed by atoms with Crippen LogP contribution in [-0.4, -0.2) is 30.2 Å². The molecule has 0 aliphatic heterocycles. The van der Waals surface area contributed by atoms with Crippen LogP contribution in [-0.2, 0) is 4.79 Å². The first-order valence-corrected chi connectivity index (χ1v) is 4.19. The summed E-state index contributed by atoms with van der Waals surface area (Å²) >= 11 is 0. The highest BCUT2D eigenvalue weighted by atomic mass is 16.4. The van der Waals surface area contributed by atoms with E-state index in [0.717, 1.165) is 12.8 Å². The molecule has 0 heterocycles. The van der Waals surface area contributed by atoms with Gasteiger partial charge in [0.1, 0.15) is 5.54 Å². The SMILES string of the molecule is CNC(C)(CCCCN)C(=O)O. The molecule has 1 unspecified atom stereocenters. The number of hydrogen-bond acceptors (Lipinski definition) is 3. The quantitative estimate of drug-likeness (QED) is 0.502. The molecule has 0 saturated carbocycles. The summed E-state index contributed by atoms with van der Waals surface area (Å²) in [5.41, 5.74) is 4.51. The van der Waals surface area contributed by atoms with Gasteiger partial charge in [0.05, 0.1) is 0 Å². The monoisotopic (exact) mass is 174 g/mol. The van der Waals surface area contributed by atoms with Crippen molar-refractivity contribution in [2.75, 3.05) is 13.6 Å². The molecule has 0 aliphatic rings. The third-order valence-electron chi connectivity index (χ3n) is 2.15. The maximum absolute atomic E-state index is 10.8. The van der Waals surface area contributed by atoms with Gasteiger partial charge in [-0.25, -0.2) is 0 Å². The molecular formula is C8H18N2O2. The molecule has 12 heavy (non-hydrogen) atoms. The molecule has 0 aliphatic carbocycles. The van der Waals surface area contributed by atoms with Crippen molar-refractivity contribution in [3.8, 4) is 0 Å². The molecule has 0 spiro atoms. The summed E-state index contributed by atoms with van der Waals surface area (Å²) in [4.78, 5) is 10.8. The van der Waals surface area contributed by atoms with Gasteiger partial charge in [-0.15, -0.1) is 0 Å². The van der Waals surface area contributed by atoms with Crippen LogP contribution in [0.3, 0.4) is 0 Å². The smallest absolute Gasteiger partial charge is 0.323 e. The number of nitrogens with one attached hydrogen (secondary N) is 1. The van der Waals surface area contributed by atoms with E-state index in [9.17, 15) is 4.79 Å². The van der Waals surface area contributed by atoms with Gasteiger partial charge >= 0.3 is 5.97 Å². The van der Waals surface area contributed by atoms with E-state index >= 15 is 0 Å². The lowest BCUT2D eigenvalue weighted by Gasteiger charge is -2.23. The minimum atomic E-state index is -0.804. The van der Waals surface area contributed by atoms with E-state index in [0.29, 0.717) is 13.0 Å². The number of carbonyl (C=O) groups is 1. The van der Waals surface area contributed by atoms with Crippen LogP contribution in [0.4, 0.5) is 0 Å². The molecule has 0 bridgehead atoms. The zero-order valence-electron chi connectivity index (χ0n) is 7.76. The average molecular weight is 174 g/mol. The first kappa shape index (κ1) is 11.4. The highest BCUT2D eigenvalue weighted by Crippen LogP contribution is 2.12. The molecule has 72 valence electrons. The molecule has 4 nitrogen and oxygen atoms in total. The Labute approximate surface area is 73.1 Å². The van der Waals surface area contributed by atoms with E-state index in [4.69, 9.17) is 10.8 Å². The largest absolute Gasteiger partial charge is 0.480 e. The van der Waals surface area contributed by atoms with Gasteiger partial charge in [-0.05, 0) is 39.8 Å². The molecule has 1 atom stereocenters. The average Bonchev–Trinajstić information content (AvgIpc) is 2.04. The molecule has 0 rings (SSSR count). The number of carboxylic acid groups (broad SMARTS) is 1. The fraction of sp³-hybridized carbons (Fsp3) is 0.875. The first-order valence-electron chi connectivity index (χ1n) is 4.19. The van der Waals surface area contributed by atoms with Gasteiger partial charge in [0.25, 0.3) is 0 Å². The van der Waals surface area contributed by atoms with Gasteiger partial charge in [0, 0.05) is 0 Å². The minimum absolute atomic E-state index is 0.621. The molecule has 0 aromatic rings. The lowest BCUT2D eigenvalue weighted by Crippen LogP contribution is -2.47. The highest BCUT2D eigenvalue weighted by molar-refractivity contribution is 5.78. The summed E-state index contributed by atoms with van der Waals surface area (Å²) in [5, 5.41) is 11.6. The summed E-state index contributed by atoms with van der Waals surface area (Å²) < 4.78 is 0. The maximum atomic E-state index is 10.8. The van der Waals surface area contributed by atoms with Crippen LogP contribution in [0, 0.1) is 0 Å². The lowest BCUT2D eigenvalue weighted by atomic mass is 9.95. The summed E-state index contributed by atoms with van der Waals surface area (Å²) in [6.07, 6.45) is 2.35. The van der Waals surface area contributed by atoms with E-state index in [1.54, 1.807) is 14.0 Å². The second-order valence-corrected chi connectivity index (χ2v) is 3.13. The van der Waals surface area contributed by atoms with Crippen molar-refractivity contribution in [3.63, 3.8) is 0 Å². The standard InChI is InChI=1S/C8H18N2O2/c1-8(10-2,7(11)12)5-3-4-6-9/h10H,3-6,9H2,1-2H3,(H,11,12). The van der Waals surface area contributed by atoms with E-state index in [1.807, 2.05) is 0 Å². The Morgan fingerprint density at radius 2 is 2.17 bits per heavy atom. The zero-order chi connectivity index (χ0) is 9.61. The van der Waals surface area contributed by atoms with E-state index in [2.05, 4.69) is 5.32 Å². The van der Waals surface area contributed by atoms with Crippen LogP contribution in [0.1, 0.15) is 26.2 Å². The van der Waals surface area contributed by atoms with Crippen molar-refractivity contribution in [2.24, 2.45) is 5.73 Å². The number of unbranched alkanes of at least 4 members (excludes halogenated alkanes) is 1. The Bertz CT molecular complexity index is 150. The molecule has 0 aromatic heterocycles. The Morgan fingerprint density at radius 3 is 2.50 bits per heavy atom. The van der Waals surface area contributed by atoms with Gasteiger partial charge in [-0.3, -0.25) is 4.79 Å². The molecule has 0 fully saturated rings. The normalized spacial score (nSPS) is 15.6.